The van der Waals surface area contributed by atoms with Crippen molar-refractivity contribution < 1.29 is 48.0 Å². The summed E-state index contributed by atoms with van der Waals surface area (Å²) < 4.78 is 29.0. The minimum absolute atomic E-state index is 0.0402. The molecule has 2 saturated carbocycles. The molecule has 2 aliphatic carbocycles. The van der Waals surface area contributed by atoms with Crippen molar-refractivity contribution in [2.75, 3.05) is 88.6 Å². The maximum absolute atomic E-state index is 13.0. The van der Waals surface area contributed by atoms with Gasteiger partial charge < -0.3 is 48.4 Å². The highest BCUT2D eigenvalue weighted by atomic mass is 32.1. The van der Waals surface area contributed by atoms with Crippen LogP contribution in [0.4, 0.5) is 10.3 Å². The Morgan fingerprint density at radius 3 is 1.40 bits per heavy atom. The molecule has 6 aliphatic rings. The normalized spacial score (nSPS) is 21.6. The van der Waals surface area contributed by atoms with E-state index >= 15 is 0 Å². The van der Waals surface area contributed by atoms with Gasteiger partial charge in [-0.15, -0.1) is 22.7 Å². The van der Waals surface area contributed by atoms with Crippen LogP contribution in [0.25, 0.3) is 22.5 Å². The van der Waals surface area contributed by atoms with E-state index in [0.717, 1.165) is 95.8 Å². The summed E-state index contributed by atoms with van der Waals surface area (Å²) >= 11 is 3.18. The second kappa shape index (κ2) is 26.0. The van der Waals surface area contributed by atoms with E-state index in [2.05, 4.69) is 33.4 Å². The van der Waals surface area contributed by atoms with Crippen LogP contribution in [0, 0.1) is 72.0 Å². The minimum Gasteiger partial charge on any atom is -0.488 e. The van der Waals surface area contributed by atoms with Crippen molar-refractivity contribution in [3.8, 4) is 46.2 Å². The van der Waals surface area contributed by atoms with Crippen molar-refractivity contribution in [2.45, 2.75) is 79.1 Å². The molecule has 4 unspecified atom stereocenters. The number of aliphatic carboxylic acids is 1. The molecule has 2 amide bonds. The van der Waals surface area contributed by atoms with Crippen molar-refractivity contribution in [3.05, 3.63) is 128 Å². The van der Waals surface area contributed by atoms with Crippen molar-refractivity contribution in [1.82, 2.24) is 19.8 Å². The van der Waals surface area contributed by atoms with Gasteiger partial charge in [0.25, 0.3) is 11.8 Å². The Morgan fingerprint density at radius 2 is 1.01 bits per heavy atom. The molecular weight excluding hydrogens is 1130 g/mol. The maximum atomic E-state index is 13.0. The standard InChI is InChI=1S/C35H40N4O5S.C31H32N4O5S/c1-22-5-10-30(43-20-26-9-6-23(16-27(26)17-36)32(40)38-11-13-42-14-12-38)28(15-22)29-21-45-34(37-29)39-18-24-7-8-25(19-39)31(24)33(41)44-35(2,3)4;1-19-2-7-27(40-17-23-6-3-20(13-24(23)14-32)29(36)34-8-10-39-11-9-34)25(12-19)26-18-41-31(33-26)35-15-21-4-5-22(16-35)28(21)30(37)38/h5-6,9-10,15-16,21,24-25,31H,7-8,11-14,18-20H2,1-4H3;2-3,6-7,12-13,18,21-22,28H,4-5,8-11,15-17H2,1H3,(H,37,38). The smallest absolute Gasteiger partial charge is 0.310 e. The number of nitriles is 2. The van der Waals surface area contributed by atoms with Crippen LogP contribution in [-0.2, 0) is 37.0 Å². The summed E-state index contributed by atoms with van der Waals surface area (Å²) in [7, 11) is 0. The lowest BCUT2D eigenvalue weighted by Gasteiger charge is -2.37. The summed E-state index contributed by atoms with van der Waals surface area (Å²) in [5.41, 5.74) is 8.31. The molecule has 20 heteroatoms. The first-order chi connectivity index (χ1) is 41.5. The number of aryl methyl sites for hydroxylation is 2. The fourth-order valence-corrected chi connectivity index (χ4v) is 14.7. The second-order valence-corrected chi connectivity index (χ2v) is 26.0. The molecule has 6 aromatic rings. The number of amides is 2. The highest BCUT2D eigenvalue weighted by Gasteiger charge is 2.49. The minimum atomic E-state index is -0.670. The number of ether oxygens (including phenoxy) is 5. The summed E-state index contributed by atoms with van der Waals surface area (Å²) in [5.74, 6) is 1.01. The molecule has 6 fully saturated rings. The van der Waals surface area contributed by atoms with Crippen molar-refractivity contribution >= 4 is 56.7 Å². The SMILES string of the molecule is Cc1ccc(OCc2ccc(C(=O)N3CCOCC3)cc2C#N)c(-c2csc(N3CC4CCC(C3)C4C(=O)O)n2)c1.Cc1ccc(OCc2ccc(C(=O)N3CCOCC3)cc2C#N)c(-c2csc(N3CC4CCC(C3)C4C(=O)OC(C)(C)C)n2)c1. The summed E-state index contributed by atoms with van der Waals surface area (Å²) in [6.07, 6.45) is 3.98. The number of nitrogens with zero attached hydrogens (tertiary/aromatic N) is 8. The Bertz CT molecular complexity index is 3560. The number of anilines is 2. The van der Waals surface area contributed by atoms with Crippen LogP contribution < -0.4 is 19.3 Å². The second-order valence-electron chi connectivity index (χ2n) is 24.3. The lowest BCUT2D eigenvalue weighted by Crippen LogP contribution is -2.46. The predicted octanol–water partition coefficient (Wildman–Crippen LogP) is 10.4. The fraction of sp³-hybridized carbons (Fsp3) is 0.455. The van der Waals surface area contributed by atoms with Gasteiger partial charge >= 0.3 is 11.9 Å². The number of esters is 1. The van der Waals surface area contributed by atoms with E-state index in [1.807, 2.05) is 70.3 Å². The molecule has 448 valence electrons. The molecule has 18 nitrogen and oxygen atoms in total. The van der Waals surface area contributed by atoms with Crippen LogP contribution in [0.15, 0.2) is 83.6 Å². The Balaban J connectivity index is 0.000000179. The van der Waals surface area contributed by atoms with Gasteiger partial charge in [0.2, 0.25) is 0 Å². The van der Waals surface area contributed by atoms with Crippen LogP contribution in [-0.4, -0.2) is 133 Å². The molecule has 86 heavy (non-hydrogen) atoms. The number of thiazole rings is 2. The quantitative estimate of drug-likeness (QED) is 0.100. The monoisotopic (exact) mass is 1200 g/mol. The predicted molar refractivity (Wildman–Crippen MR) is 326 cm³/mol. The lowest BCUT2D eigenvalue weighted by atomic mass is 9.85. The first-order valence-corrected chi connectivity index (χ1v) is 31.4. The number of benzene rings is 4. The number of carbonyl (C=O) groups excluding carboxylic acids is 3. The molecule has 4 aromatic carbocycles. The topological polar surface area (TPSA) is 221 Å². The van der Waals surface area contributed by atoms with Crippen LogP contribution >= 0.6 is 22.7 Å². The highest BCUT2D eigenvalue weighted by molar-refractivity contribution is 7.14. The van der Waals surface area contributed by atoms with Gasteiger partial charge in [0.15, 0.2) is 10.3 Å². The largest absolute Gasteiger partial charge is 0.488 e. The lowest BCUT2D eigenvalue weighted by molar-refractivity contribution is -0.163. The molecule has 1 N–H and O–H groups in total. The number of carboxylic acid groups (broad SMARTS) is 1. The van der Waals surface area contributed by atoms with E-state index in [1.54, 1.807) is 68.9 Å². The van der Waals surface area contributed by atoms with Gasteiger partial charge in [-0.05, 0) is 133 Å². The first-order valence-electron chi connectivity index (χ1n) is 29.6. The Labute approximate surface area is 509 Å². The van der Waals surface area contributed by atoms with Crippen LogP contribution in [0.3, 0.4) is 0 Å². The maximum Gasteiger partial charge on any atom is 0.310 e. The van der Waals surface area contributed by atoms with Gasteiger partial charge in [0, 0.05) is 96.5 Å². The molecule has 2 aromatic heterocycles. The molecule has 6 heterocycles. The van der Waals surface area contributed by atoms with Gasteiger partial charge in [0.1, 0.15) is 30.3 Å². The van der Waals surface area contributed by atoms with E-state index in [1.165, 1.54) is 0 Å². The third kappa shape index (κ3) is 13.4. The number of fused-ring (bicyclic) bond motifs is 4. The fourth-order valence-electron chi connectivity index (χ4n) is 13.0. The van der Waals surface area contributed by atoms with Crippen LogP contribution in [0.2, 0.25) is 0 Å². The molecule has 12 rings (SSSR count). The number of hydrogen-bond donors (Lipinski definition) is 1. The first kappa shape index (κ1) is 59.8. The van der Waals surface area contributed by atoms with Gasteiger partial charge in [-0.2, -0.15) is 10.5 Å². The molecule has 0 spiro atoms. The van der Waals surface area contributed by atoms with Crippen molar-refractivity contribution in [1.29, 1.82) is 10.5 Å². The number of carboxylic acids is 1. The number of aromatic nitrogens is 2. The molecular formula is C66H72N8O10S2. The Morgan fingerprint density at radius 1 is 0.605 bits per heavy atom. The zero-order valence-corrected chi connectivity index (χ0v) is 50.9. The van der Waals surface area contributed by atoms with Crippen LogP contribution in [0.5, 0.6) is 11.5 Å². The molecule has 0 radical (unpaired) electrons. The molecule has 4 aliphatic heterocycles. The number of piperidine rings is 2. The van der Waals surface area contributed by atoms with E-state index in [9.17, 15) is 34.8 Å². The van der Waals surface area contributed by atoms with E-state index in [0.29, 0.717) is 97.5 Å². The number of carbonyl (C=O) groups is 4. The summed E-state index contributed by atoms with van der Waals surface area (Å²) in [6, 6.07) is 26.8. The third-order valence-corrected chi connectivity index (χ3v) is 19.1. The van der Waals surface area contributed by atoms with Gasteiger partial charge in [-0.1, -0.05) is 35.4 Å². The van der Waals surface area contributed by atoms with Gasteiger partial charge in [-0.25, -0.2) is 9.97 Å². The summed E-state index contributed by atoms with van der Waals surface area (Å²) in [4.78, 5) is 68.6. The average molecular weight is 1200 g/mol. The van der Waals surface area contributed by atoms with E-state index in [-0.39, 0.29) is 66.5 Å². The Hall–Kier alpha value is -7.88. The van der Waals surface area contributed by atoms with E-state index in [4.69, 9.17) is 33.7 Å². The highest BCUT2D eigenvalue weighted by Crippen LogP contribution is 2.47. The van der Waals surface area contributed by atoms with Crippen LogP contribution in [0.1, 0.15) is 101 Å². The van der Waals surface area contributed by atoms with Gasteiger partial charge in [0.05, 0.1) is 72.9 Å². The molecule has 4 saturated heterocycles. The number of rotatable bonds is 14. The van der Waals surface area contributed by atoms with Crippen molar-refractivity contribution in [2.24, 2.45) is 35.5 Å². The number of morpholine rings is 2. The number of hydrogen-bond acceptors (Lipinski definition) is 17. The molecule has 4 atom stereocenters. The average Bonchev–Trinajstić information content (AvgIpc) is 1.96. The Kier molecular flexibility index (Phi) is 18.1. The van der Waals surface area contributed by atoms with Gasteiger partial charge in [-0.3, -0.25) is 19.2 Å². The third-order valence-electron chi connectivity index (χ3n) is 17.3. The summed E-state index contributed by atoms with van der Waals surface area (Å²) in [6.45, 7) is 17.5. The summed E-state index contributed by atoms with van der Waals surface area (Å²) in [5, 5.41) is 35.3. The van der Waals surface area contributed by atoms with E-state index < -0.39 is 11.6 Å². The zero-order valence-electron chi connectivity index (χ0n) is 49.3. The zero-order chi connectivity index (χ0) is 60.2. The van der Waals surface area contributed by atoms with Crippen molar-refractivity contribution in [3.63, 3.8) is 0 Å². The molecule has 4 bridgehead atoms.